The smallest absolute Gasteiger partial charge is 0.243 e. The molecule has 6 nitrogen and oxygen atoms in total. The van der Waals surface area contributed by atoms with Gasteiger partial charge in [-0.25, -0.2) is 21.9 Å². The fourth-order valence-corrected chi connectivity index (χ4v) is 3.14. The molecule has 3 N–H and O–H groups in total. The predicted molar refractivity (Wildman–Crippen MR) is 72.8 cm³/mol. The highest BCUT2D eigenvalue weighted by molar-refractivity contribution is 7.89. The van der Waals surface area contributed by atoms with Gasteiger partial charge in [0.25, 0.3) is 0 Å². The first-order chi connectivity index (χ1) is 9.81. The van der Waals surface area contributed by atoms with Gasteiger partial charge in [-0.2, -0.15) is 5.10 Å². The van der Waals surface area contributed by atoms with E-state index in [0.29, 0.717) is 0 Å². The van der Waals surface area contributed by atoms with Crippen molar-refractivity contribution in [1.82, 2.24) is 14.5 Å². The molecule has 1 heterocycles. The second kappa shape index (κ2) is 5.78. The van der Waals surface area contributed by atoms with Crippen LogP contribution in [0, 0.1) is 11.6 Å². The minimum atomic E-state index is -4.15. The number of aromatic nitrogens is 2. The lowest BCUT2D eigenvalue weighted by atomic mass is 10.3. The van der Waals surface area contributed by atoms with Crippen molar-refractivity contribution in [3.8, 4) is 0 Å². The van der Waals surface area contributed by atoms with Crippen LogP contribution in [-0.2, 0) is 16.6 Å². The topological polar surface area (TPSA) is 90.0 Å². The number of anilines is 1. The Labute approximate surface area is 120 Å². The van der Waals surface area contributed by atoms with Gasteiger partial charge in [-0.15, -0.1) is 0 Å². The molecule has 0 saturated heterocycles. The molecule has 1 unspecified atom stereocenters. The first-order valence-corrected chi connectivity index (χ1v) is 7.53. The van der Waals surface area contributed by atoms with Crippen LogP contribution in [0.5, 0.6) is 0 Å². The number of nitrogens with two attached hydrogens (primary N) is 1. The quantitative estimate of drug-likeness (QED) is 0.809. The van der Waals surface area contributed by atoms with Crippen molar-refractivity contribution in [2.24, 2.45) is 0 Å². The number of halogens is 2. The molecule has 0 aliphatic heterocycles. The summed E-state index contributed by atoms with van der Waals surface area (Å²) in [5, 5.41) is 3.94. The normalized spacial score (nSPS) is 13.3. The molecule has 0 bridgehead atoms. The van der Waals surface area contributed by atoms with Gasteiger partial charge in [0, 0.05) is 18.4 Å². The van der Waals surface area contributed by atoms with E-state index >= 15 is 0 Å². The fraction of sp³-hybridized carbons (Fsp3) is 0.250. The minimum absolute atomic E-state index is 0.268. The number of nitrogens with one attached hydrogen (secondary N) is 1. The van der Waals surface area contributed by atoms with Gasteiger partial charge < -0.3 is 5.73 Å². The number of benzene rings is 1. The van der Waals surface area contributed by atoms with E-state index in [1.54, 1.807) is 25.4 Å². The third-order valence-corrected chi connectivity index (χ3v) is 4.36. The Balaban J connectivity index is 2.20. The largest absolute Gasteiger partial charge is 0.394 e. The summed E-state index contributed by atoms with van der Waals surface area (Å²) in [6, 6.07) is 2.80. The van der Waals surface area contributed by atoms with Crippen molar-refractivity contribution in [1.29, 1.82) is 0 Å². The summed E-state index contributed by atoms with van der Waals surface area (Å²) >= 11 is 0. The zero-order chi connectivity index (χ0) is 15.6. The molecular formula is C12H14F2N4O2S. The van der Waals surface area contributed by atoms with E-state index in [9.17, 15) is 17.2 Å². The average molecular weight is 316 g/mol. The first-order valence-electron chi connectivity index (χ1n) is 6.04. The zero-order valence-corrected chi connectivity index (χ0v) is 11.9. The van der Waals surface area contributed by atoms with Crippen molar-refractivity contribution in [3.05, 3.63) is 42.2 Å². The van der Waals surface area contributed by atoms with Gasteiger partial charge in [0.15, 0.2) is 5.82 Å². The maximum absolute atomic E-state index is 13.8. The lowest BCUT2D eigenvalue weighted by Crippen LogP contribution is -2.36. The molecule has 0 saturated carbocycles. The number of hydrogen-bond acceptors (Lipinski definition) is 4. The SMILES string of the molecule is CC(Cn1cccn1)NS(=O)(=O)c1ccc(F)c(N)c1F. The third kappa shape index (κ3) is 3.37. The third-order valence-electron chi connectivity index (χ3n) is 2.76. The molecule has 9 heteroatoms. The molecule has 1 atom stereocenters. The van der Waals surface area contributed by atoms with Crippen molar-refractivity contribution in [3.63, 3.8) is 0 Å². The molecule has 21 heavy (non-hydrogen) atoms. The van der Waals surface area contributed by atoms with Gasteiger partial charge in [-0.1, -0.05) is 0 Å². The van der Waals surface area contributed by atoms with Gasteiger partial charge in [0.05, 0.1) is 6.54 Å². The maximum Gasteiger partial charge on any atom is 0.243 e. The number of hydrogen-bond donors (Lipinski definition) is 2. The summed E-state index contributed by atoms with van der Waals surface area (Å²) in [5.41, 5.74) is 4.34. The highest BCUT2D eigenvalue weighted by Crippen LogP contribution is 2.22. The first kappa shape index (κ1) is 15.4. The van der Waals surface area contributed by atoms with Crippen LogP contribution in [-0.4, -0.2) is 24.2 Å². The number of sulfonamides is 1. The van der Waals surface area contributed by atoms with Crippen LogP contribution in [0.25, 0.3) is 0 Å². The van der Waals surface area contributed by atoms with Crippen molar-refractivity contribution in [2.75, 3.05) is 5.73 Å². The van der Waals surface area contributed by atoms with Gasteiger partial charge in [0.2, 0.25) is 10.0 Å². The van der Waals surface area contributed by atoms with E-state index in [4.69, 9.17) is 5.73 Å². The van der Waals surface area contributed by atoms with E-state index in [2.05, 4.69) is 9.82 Å². The van der Waals surface area contributed by atoms with E-state index < -0.39 is 38.3 Å². The van der Waals surface area contributed by atoms with Gasteiger partial charge in [0.1, 0.15) is 16.4 Å². The van der Waals surface area contributed by atoms with Gasteiger partial charge in [-0.05, 0) is 25.1 Å². The van der Waals surface area contributed by atoms with Crippen LogP contribution in [0.15, 0.2) is 35.5 Å². The molecule has 0 aliphatic carbocycles. The van der Waals surface area contributed by atoms with Crippen LogP contribution in [0.2, 0.25) is 0 Å². The van der Waals surface area contributed by atoms with Crippen LogP contribution < -0.4 is 10.5 Å². The molecule has 0 fully saturated rings. The Kier molecular flexibility index (Phi) is 4.24. The number of rotatable bonds is 5. The van der Waals surface area contributed by atoms with E-state index in [1.807, 2.05) is 0 Å². The lowest BCUT2D eigenvalue weighted by molar-refractivity contribution is 0.489. The van der Waals surface area contributed by atoms with E-state index in [1.165, 1.54) is 4.68 Å². The molecule has 0 spiro atoms. The van der Waals surface area contributed by atoms with Crippen molar-refractivity contribution < 1.29 is 17.2 Å². The van der Waals surface area contributed by atoms with E-state index in [-0.39, 0.29) is 6.54 Å². The Bertz CT molecular complexity index is 732. The summed E-state index contributed by atoms with van der Waals surface area (Å²) in [6.45, 7) is 1.87. The van der Waals surface area contributed by atoms with Crippen LogP contribution >= 0.6 is 0 Å². The maximum atomic E-state index is 13.8. The number of nitrogens with zero attached hydrogens (tertiary/aromatic N) is 2. The molecule has 0 amide bonds. The van der Waals surface area contributed by atoms with Crippen molar-refractivity contribution >= 4 is 15.7 Å². The Morgan fingerprint density at radius 3 is 2.76 bits per heavy atom. The predicted octanol–water partition coefficient (Wildman–Crippen LogP) is 1.11. The number of nitrogen functional groups attached to an aromatic ring is 1. The molecule has 0 aliphatic rings. The summed E-state index contributed by atoms with van der Waals surface area (Å²) in [6.07, 6.45) is 3.23. The highest BCUT2D eigenvalue weighted by atomic mass is 32.2. The van der Waals surface area contributed by atoms with Crippen LogP contribution in [0.1, 0.15) is 6.92 Å². The van der Waals surface area contributed by atoms with Gasteiger partial charge in [-0.3, -0.25) is 4.68 Å². The molecular weight excluding hydrogens is 302 g/mol. The summed E-state index contributed by atoms with van der Waals surface area (Å²) < 4.78 is 54.9. The summed E-state index contributed by atoms with van der Waals surface area (Å²) in [4.78, 5) is -0.686. The standard InChI is InChI=1S/C12H14F2N4O2S/c1-8(7-18-6-2-5-16-18)17-21(19,20)10-4-3-9(13)12(15)11(10)14/h2-6,8,17H,7,15H2,1H3. The second-order valence-corrected chi connectivity index (χ2v) is 6.21. The Morgan fingerprint density at radius 2 is 2.14 bits per heavy atom. The molecule has 2 aromatic rings. The molecule has 114 valence electrons. The second-order valence-electron chi connectivity index (χ2n) is 4.52. The summed E-state index contributed by atoms with van der Waals surface area (Å²) in [5.74, 6) is -2.30. The van der Waals surface area contributed by atoms with Crippen LogP contribution in [0.3, 0.4) is 0 Å². The zero-order valence-electron chi connectivity index (χ0n) is 11.1. The van der Waals surface area contributed by atoms with Crippen LogP contribution in [0.4, 0.5) is 14.5 Å². The van der Waals surface area contributed by atoms with E-state index in [0.717, 1.165) is 12.1 Å². The fourth-order valence-electron chi connectivity index (χ4n) is 1.81. The Morgan fingerprint density at radius 1 is 1.43 bits per heavy atom. The summed E-state index contributed by atoms with van der Waals surface area (Å²) in [7, 11) is -4.15. The molecule has 2 rings (SSSR count). The van der Waals surface area contributed by atoms with Crippen molar-refractivity contribution in [2.45, 2.75) is 24.4 Å². The monoisotopic (exact) mass is 316 g/mol. The molecule has 1 aromatic heterocycles. The minimum Gasteiger partial charge on any atom is -0.394 e. The average Bonchev–Trinajstić information content (AvgIpc) is 2.87. The van der Waals surface area contributed by atoms with Gasteiger partial charge >= 0.3 is 0 Å². The lowest BCUT2D eigenvalue weighted by Gasteiger charge is -2.15. The molecule has 0 radical (unpaired) electrons. The highest BCUT2D eigenvalue weighted by Gasteiger charge is 2.24. The Hall–Kier alpha value is -2.00. The molecule has 1 aromatic carbocycles.